The minimum Gasteiger partial charge on any atom is -0.493 e. The van der Waals surface area contributed by atoms with Gasteiger partial charge < -0.3 is 24.3 Å². The number of halogens is 3. The molecule has 1 N–H and O–H groups in total. The molecule has 3 aromatic carbocycles. The van der Waals surface area contributed by atoms with Gasteiger partial charge in [-0.15, -0.1) is 0 Å². The lowest BCUT2D eigenvalue weighted by molar-refractivity contribution is 0.282. The molecular formula is C25H26BrCl2NO4. The third kappa shape index (κ3) is 6.93. The van der Waals surface area contributed by atoms with Crippen LogP contribution in [-0.4, -0.2) is 27.9 Å². The topological polar surface area (TPSA) is 49.0 Å². The van der Waals surface area contributed by atoms with Gasteiger partial charge in [-0.05, 0) is 82.0 Å². The minimum atomic E-state index is 0.342. The van der Waals surface area contributed by atoms with E-state index in [4.69, 9.17) is 42.1 Å². The maximum Gasteiger partial charge on any atom is 0.175 e. The standard InChI is InChI=1S/C25H26BrCl2NO4/c1-30-22-7-5-16(12-23(22)31-2)8-9-29-14-18-10-19(26)25(24(13-18)32-3)33-15-17-4-6-20(27)21(28)11-17/h4-7,10-13,29H,8-9,14-15H2,1-3H3. The van der Waals surface area contributed by atoms with E-state index in [-0.39, 0.29) is 0 Å². The second-order valence-electron chi connectivity index (χ2n) is 7.26. The van der Waals surface area contributed by atoms with Gasteiger partial charge in [-0.1, -0.05) is 35.3 Å². The molecule has 0 fully saturated rings. The summed E-state index contributed by atoms with van der Waals surface area (Å²) < 4.78 is 23.1. The summed E-state index contributed by atoms with van der Waals surface area (Å²) in [5.41, 5.74) is 3.16. The van der Waals surface area contributed by atoms with Crippen molar-refractivity contribution in [1.29, 1.82) is 0 Å². The predicted octanol–water partition coefficient (Wildman–Crippen LogP) is 6.69. The van der Waals surface area contributed by atoms with Crippen molar-refractivity contribution >= 4 is 39.1 Å². The first kappa shape index (κ1) is 25.5. The summed E-state index contributed by atoms with van der Waals surface area (Å²) >= 11 is 15.7. The van der Waals surface area contributed by atoms with Crippen molar-refractivity contribution in [1.82, 2.24) is 5.32 Å². The molecule has 33 heavy (non-hydrogen) atoms. The maximum atomic E-state index is 6.09. The number of methoxy groups -OCH3 is 3. The van der Waals surface area contributed by atoms with E-state index in [0.29, 0.717) is 34.7 Å². The van der Waals surface area contributed by atoms with Crippen molar-refractivity contribution in [2.24, 2.45) is 0 Å². The fourth-order valence-corrected chi connectivity index (χ4v) is 4.23. The Morgan fingerprint density at radius 3 is 2.15 bits per heavy atom. The fourth-order valence-electron chi connectivity index (χ4n) is 3.30. The summed E-state index contributed by atoms with van der Waals surface area (Å²) in [4.78, 5) is 0. The van der Waals surface area contributed by atoms with E-state index in [1.54, 1.807) is 33.5 Å². The molecular weight excluding hydrogens is 529 g/mol. The highest BCUT2D eigenvalue weighted by atomic mass is 79.9. The third-order valence-corrected chi connectivity index (χ3v) is 6.35. The molecule has 3 aromatic rings. The summed E-state index contributed by atoms with van der Waals surface area (Å²) in [6, 6.07) is 15.4. The first-order chi connectivity index (χ1) is 15.9. The fraction of sp³-hybridized carbons (Fsp3) is 0.280. The summed E-state index contributed by atoms with van der Waals surface area (Å²) in [7, 11) is 4.90. The van der Waals surface area contributed by atoms with Crippen molar-refractivity contribution in [3.63, 3.8) is 0 Å². The number of ether oxygens (including phenoxy) is 4. The molecule has 0 aliphatic heterocycles. The van der Waals surface area contributed by atoms with Crippen LogP contribution in [0.2, 0.25) is 10.0 Å². The second-order valence-corrected chi connectivity index (χ2v) is 8.93. The zero-order valence-corrected chi connectivity index (χ0v) is 21.8. The van der Waals surface area contributed by atoms with Crippen LogP contribution >= 0.6 is 39.1 Å². The molecule has 0 saturated heterocycles. The summed E-state index contributed by atoms with van der Waals surface area (Å²) in [6.07, 6.45) is 0.865. The molecule has 3 rings (SSSR count). The molecule has 5 nitrogen and oxygen atoms in total. The Labute approximate surface area is 213 Å². The van der Waals surface area contributed by atoms with Crippen molar-refractivity contribution in [2.45, 2.75) is 19.6 Å². The van der Waals surface area contributed by atoms with Crippen LogP contribution in [0.25, 0.3) is 0 Å². The number of hydrogen-bond donors (Lipinski definition) is 1. The molecule has 0 unspecified atom stereocenters. The average Bonchev–Trinajstić information content (AvgIpc) is 2.82. The highest BCUT2D eigenvalue weighted by Gasteiger charge is 2.13. The lowest BCUT2D eigenvalue weighted by Gasteiger charge is -2.15. The Morgan fingerprint density at radius 2 is 1.45 bits per heavy atom. The van der Waals surface area contributed by atoms with Crippen molar-refractivity contribution < 1.29 is 18.9 Å². The van der Waals surface area contributed by atoms with Crippen LogP contribution in [0.5, 0.6) is 23.0 Å². The zero-order valence-electron chi connectivity index (χ0n) is 18.7. The van der Waals surface area contributed by atoms with E-state index in [9.17, 15) is 0 Å². The summed E-state index contributed by atoms with van der Waals surface area (Å²) in [5, 5.41) is 4.48. The molecule has 0 aromatic heterocycles. The lowest BCUT2D eigenvalue weighted by Crippen LogP contribution is -2.17. The molecule has 0 atom stereocenters. The van der Waals surface area contributed by atoms with Gasteiger partial charge in [-0.2, -0.15) is 0 Å². The number of rotatable bonds is 11. The summed E-state index contributed by atoms with van der Waals surface area (Å²) in [6.45, 7) is 1.84. The van der Waals surface area contributed by atoms with Gasteiger partial charge in [0.1, 0.15) is 6.61 Å². The number of hydrogen-bond acceptors (Lipinski definition) is 5. The van der Waals surface area contributed by atoms with Gasteiger partial charge in [-0.25, -0.2) is 0 Å². The molecule has 0 amide bonds. The largest absolute Gasteiger partial charge is 0.493 e. The van der Waals surface area contributed by atoms with Crippen LogP contribution in [-0.2, 0) is 19.6 Å². The van der Waals surface area contributed by atoms with Crippen LogP contribution in [0.15, 0.2) is 53.0 Å². The molecule has 0 radical (unpaired) electrons. The Morgan fingerprint density at radius 1 is 0.758 bits per heavy atom. The lowest BCUT2D eigenvalue weighted by atomic mass is 10.1. The van der Waals surface area contributed by atoms with Gasteiger partial charge in [0, 0.05) is 6.54 Å². The second kappa shape index (κ2) is 12.4. The molecule has 0 bridgehead atoms. The smallest absolute Gasteiger partial charge is 0.175 e. The first-order valence-corrected chi connectivity index (χ1v) is 11.8. The van der Waals surface area contributed by atoms with E-state index in [1.807, 2.05) is 36.4 Å². The van der Waals surface area contributed by atoms with E-state index in [1.165, 1.54) is 5.56 Å². The first-order valence-electron chi connectivity index (χ1n) is 10.3. The summed E-state index contributed by atoms with van der Waals surface area (Å²) in [5.74, 6) is 2.76. The van der Waals surface area contributed by atoms with Gasteiger partial charge in [-0.3, -0.25) is 0 Å². The Hall–Kier alpha value is -2.12. The molecule has 0 saturated carbocycles. The molecule has 0 aliphatic carbocycles. The van der Waals surface area contributed by atoms with Crippen molar-refractivity contribution in [2.75, 3.05) is 27.9 Å². The molecule has 176 valence electrons. The molecule has 0 spiro atoms. The third-order valence-electron chi connectivity index (χ3n) is 5.02. The SMILES string of the molecule is COc1ccc(CCNCc2cc(Br)c(OCc3ccc(Cl)c(Cl)c3)c(OC)c2)cc1OC. The maximum absolute atomic E-state index is 6.09. The van der Waals surface area contributed by atoms with Crippen molar-refractivity contribution in [3.8, 4) is 23.0 Å². The van der Waals surface area contributed by atoms with Crippen LogP contribution in [0.1, 0.15) is 16.7 Å². The molecule has 0 heterocycles. The minimum absolute atomic E-state index is 0.342. The molecule has 8 heteroatoms. The van der Waals surface area contributed by atoms with Crippen LogP contribution in [0.3, 0.4) is 0 Å². The average molecular weight is 555 g/mol. The van der Waals surface area contributed by atoms with E-state index < -0.39 is 0 Å². The van der Waals surface area contributed by atoms with Gasteiger partial charge in [0.05, 0.1) is 35.8 Å². The van der Waals surface area contributed by atoms with Crippen LogP contribution in [0, 0.1) is 0 Å². The monoisotopic (exact) mass is 553 g/mol. The van der Waals surface area contributed by atoms with Gasteiger partial charge in [0.2, 0.25) is 0 Å². The Balaban J connectivity index is 1.58. The van der Waals surface area contributed by atoms with Crippen molar-refractivity contribution in [3.05, 3.63) is 79.7 Å². The van der Waals surface area contributed by atoms with Gasteiger partial charge in [0.25, 0.3) is 0 Å². The number of nitrogens with one attached hydrogen (secondary N) is 1. The number of benzene rings is 3. The zero-order chi connectivity index (χ0) is 23.8. The Kier molecular flexibility index (Phi) is 9.56. The van der Waals surface area contributed by atoms with E-state index in [2.05, 4.69) is 21.2 Å². The highest BCUT2D eigenvalue weighted by molar-refractivity contribution is 9.10. The van der Waals surface area contributed by atoms with Gasteiger partial charge >= 0.3 is 0 Å². The van der Waals surface area contributed by atoms with Crippen LogP contribution in [0.4, 0.5) is 0 Å². The van der Waals surface area contributed by atoms with Crippen LogP contribution < -0.4 is 24.3 Å². The normalized spacial score (nSPS) is 10.7. The molecule has 0 aliphatic rings. The van der Waals surface area contributed by atoms with E-state index in [0.717, 1.165) is 40.1 Å². The predicted molar refractivity (Wildman–Crippen MR) is 136 cm³/mol. The quantitative estimate of drug-likeness (QED) is 0.267. The Bertz CT molecular complexity index is 1090. The van der Waals surface area contributed by atoms with E-state index >= 15 is 0 Å². The van der Waals surface area contributed by atoms with Gasteiger partial charge in [0.15, 0.2) is 23.0 Å². The highest BCUT2D eigenvalue weighted by Crippen LogP contribution is 2.37.